The van der Waals surface area contributed by atoms with Crippen molar-refractivity contribution >= 4 is 47.1 Å². The van der Waals surface area contributed by atoms with Crippen LogP contribution in [0.4, 0.5) is 5.69 Å². The number of amides is 1. The first-order chi connectivity index (χ1) is 11.6. The summed E-state index contributed by atoms with van der Waals surface area (Å²) in [5.74, 6) is 0.497. The van der Waals surface area contributed by atoms with Crippen LogP contribution in [0.2, 0.25) is 0 Å². The van der Waals surface area contributed by atoms with Crippen molar-refractivity contribution in [2.45, 2.75) is 42.3 Å². The molecule has 0 bridgehead atoms. The lowest BCUT2D eigenvalue weighted by atomic mass is 9.95. The Hall–Kier alpha value is -1.08. The van der Waals surface area contributed by atoms with Crippen molar-refractivity contribution in [2.24, 2.45) is 17.6 Å². The van der Waals surface area contributed by atoms with Gasteiger partial charge in [-0.05, 0) is 62.9 Å². The predicted molar refractivity (Wildman–Crippen MR) is 108 cm³/mol. The zero-order chi connectivity index (χ0) is 17.1. The maximum atomic E-state index is 12.5. The van der Waals surface area contributed by atoms with Crippen LogP contribution in [-0.4, -0.2) is 17.4 Å². The van der Waals surface area contributed by atoms with Crippen LogP contribution in [0.3, 0.4) is 0 Å². The van der Waals surface area contributed by atoms with E-state index < -0.39 is 0 Å². The van der Waals surface area contributed by atoms with Gasteiger partial charge in [-0.3, -0.25) is 4.79 Å². The number of nitrogens with two attached hydrogens (primary N) is 1. The Morgan fingerprint density at radius 1 is 1.40 bits per heavy atom. The van der Waals surface area contributed by atoms with Gasteiger partial charge in [0.05, 0.1) is 0 Å². The molecule has 0 radical (unpaired) electrons. The van der Waals surface area contributed by atoms with Crippen LogP contribution < -0.4 is 11.1 Å². The fourth-order valence-corrected chi connectivity index (χ4v) is 5.12. The number of anilines is 1. The van der Waals surface area contributed by atoms with Crippen molar-refractivity contribution in [3.8, 4) is 0 Å². The van der Waals surface area contributed by atoms with E-state index in [9.17, 15) is 4.79 Å². The maximum Gasteiger partial charge on any atom is 0.227 e. The molecule has 3 rings (SSSR count). The summed E-state index contributed by atoms with van der Waals surface area (Å²) in [5, 5.41) is 5.15. The Kier molecular flexibility index (Phi) is 7.31. The van der Waals surface area contributed by atoms with Gasteiger partial charge in [0.2, 0.25) is 5.91 Å². The summed E-state index contributed by atoms with van der Waals surface area (Å²) in [6.45, 7) is 4.63. The lowest BCUT2D eigenvalue weighted by Gasteiger charge is -2.18. The summed E-state index contributed by atoms with van der Waals surface area (Å²) < 4.78 is 1.04. The molecule has 4 nitrogen and oxygen atoms in total. The van der Waals surface area contributed by atoms with Crippen molar-refractivity contribution in [1.82, 2.24) is 4.98 Å². The topological polar surface area (TPSA) is 68.0 Å². The minimum atomic E-state index is 0. The van der Waals surface area contributed by atoms with Gasteiger partial charge in [-0.25, -0.2) is 4.98 Å². The number of nitrogens with zero attached hydrogens (tertiary/aromatic N) is 1. The van der Waals surface area contributed by atoms with Gasteiger partial charge in [0.25, 0.3) is 0 Å². The molecule has 1 fully saturated rings. The molecule has 3 N–H and O–H groups in total. The van der Waals surface area contributed by atoms with Crippen LogP contribution in [0.1, 0.15) is 30.5 Å². The van der Waals surface area contributed by atoms with Crippen molar-refractivity contribution < 1.29 is 4.79 Å². The molecule has 0 spiro atoms. The molecule has 1 saturated carbocycles. The zero-order valence-electron chi connectivity index (χ0n) is 14.5. The fourth-order valence-electron chi connectivity index (χ4n) is 3.21. The number of carbonyl (C=O) groups is 1. The van der Waals surface area contributed by atoms with Gasteiger partial charge < -0.3 is 11.1 Å². The SMILES string of the molecule is Cc1csc(Sc2ccc(NC(=O)[C@@H]3CCC[C@@H]3CN)c(C)c2)n1.Cl. The summed E-state index contributed by atoms with van der Waals surface area (Å²) >= 11 is 3.31. The van der Waals surface area contributed by atoms with Gasteiger partial charge in [0.1, 0.15) is 0 Å². The van der Waals surface area contributed by atoms with E-state index in [1.54, 1.807) is 23.1 Å². The number of carbonyl (C=O) groups excluding carboxylic acids is 1. The number of halogens is 1. The van der Waals surface area contributed by atoms with Crippen molar-refractivity contribution in [2.75, 3.05) is 11.9 Å². The monoisotopic (exact) mass is 397 g/mol. The highest BCUT2D eigenvalue weighted by Crippen LogP contribution is 2.34. The predicted octanol–water partition coefficient (Wildman–Crippen LogP) is 4.65. The number of nitrogens with one attached hydrogen (secondary N) is 1. The average molecular weight is 398 g/mol. The van der Waals surface area contributed by atoms with E-state index in [2.05, 4.69) is 21.7 Å². The second-order valence-electron chi connectivity index (χ2n) is 6.36. The number of aryl methyl sites for hydroxylation is 2. The number of rotatable bonds is 5. The number of thiazole rings is 1. The van der Waals surface area contributed by atoms with Crippen LogP contribution in [0.15, 0.2) is 32.8 Å². The van der Waals surface area contributed by atoms with Crippen LogP contribution >= 0.6 is 35.5 Å². The highest BCUT2D eigenvalue weighted by Gasteiger charge is 2.32. The number of aromatic nitrogens is 1. The molecule has 1 aromatic heterocycles. The lowest BCUT2D eigenvalue weighted by Crippen LogP contribution is -2.29. The smallest absolute Gasteiger partial charge is 0.227 e. The Balaban J connectivity index is 0.00000225. The summed E-state index contributed by atoms with van der Waals surface area (Å²) in [5.41, 5.74) is 8.81. The van der Waals surface area contributed by atoms with Crippen LogP contribution in [0, 0.1) is 25.7 Å². The summed E-state index contributed by atoms with van der Waals surface area (Å²) in [4.78, 5) is 18.2. The molecule has 2 atom stereocenters. The molecule has 0 unspecified atom stereocenters. The molecule has 0 saturated heterocycles. The first-order valence-corrected chi connectivity index (χ1v) is 9.98. The van der Waals surface area contributed by atoms with Gasteiger partial charge in [0, 0.05) is 27.6 Å². The molecular formula is C18H24ClN3OS2. The summed E-state index contributed by atoms with van der Waals surface area (Å²) in [7, 11) is 0. The second kappa shape index (κ2) is 9.03. The number of benzene rings is 1. The molecule has 1 aromatic carbocycles. The van der Waals surface area contributed by atoms with Gasteiger partial charge in [-0.2, -0.15) is 0 Å². The Labute approximate surface area is 163 Å². The minimum Gasteiger partial charge on any atom is -0.330 e. The highest BCUT2D eigenvalue weighted by molar-refractivity contribution is 8.01. The first-order valence-electron chi connectivity index (χ1n) is 8.28. The van der Waals surface area contributed by atoms with E-state index in [0.717, 1.165) is 45.4 Å². The third-order valence-corrected chi connectivity index (χ3v) is 6.60. The fraction of sp³-hybridized carbons (Fsp3) is 0.444. The second-order valence-corrected chi connectivity index (χ2v) is 8.53. The molecule has 0 aliphatic heterocycles. The van der Waals surface area contributed by atoms with Crippen molar-refractivity contribution in [3.63, 3.8) is 0 Å². The third kappa shape index (κ3) is 4.97. The molecular weight excluding hydrogens is 374 g/mol. The highest BCUT2D eigenvalue weighted by atomic mass is 35.5. The molecule has 25 heavy (non-hydrogen) atoms. The minimum absolute atomic E-state index is 0. The van der Waals surface area contributed by atoms with Crippen LogP contribution in [0.5, 0.6) is 0 Å². The Bertz CT molecular complexity index is 735. The van der Waals surface area contributed by atoms with Crippen molar-refractivity contribution in [3.05, 3.63) is 34.8 Å². The maximum absolute atomic E-state index is 12.5. The molecule has 7 heteroatoms. The van der Waals surface area contributed by atoms with Gasteiger partial charge in [-0.15, -0.1) is 23.7 Å². The quantitative estimate of drug-likeness (QED) is 0.770. The van der Waals surface area contributed by atoms with Crippen molar-refractivity contribution in [1.29, 1.82) is 0 Å². The van der Waals surface area contributed by atoms with E-state index in [1.165, 1.54) is 0 Å². The summed E-state index contributed by atoms with van der Waals surface area (Å²) in [6.07, 6.45) is 3.11. The Morgan fingerprint density at radius 2 is 2.20 bits per heavy atom. The summed E-state index contributed by atoms with van der Waals surface area (Å²) in [6, 6.07) is 6.13. The van der Waals surface area contributed by atoms with E-state index in [0.29, 0.717) is 12.5 Å². The number of hydrogen-bond acceptors (Lipinski definition) is 5. The first kappa shape index (κ1) is 20.2. The molecule has 1 aliphatic carbocycles. The van der Waals surface area contributed by atoms with Crippen LogP contribution in [0.25, 0.3) is 0 Å². The molecule has 1 aliphatic rings. The number of hydrogen-bond donors (Lipinski definition) is 2. The third-order valence-electron chi connectivity index (χ3n) is 4.56. The molecule has 1 heterocycles. The molecule has 136 valence electrons. The standard InChI is InChI=1S/C18H23N3OS2.ClH/c1-11-8-14(24-18-20-12(2)10-23-18)6-7-16(11)21-17(22)15-5-3-4-13(15)9-19;/h6-8,10,13,15H,3-5,9,19H2,1-2H3,(H,21,22);1H/t13-,15-;/m1./s1. The van der Waals surface area contributed by atoms with Crippen LogP contribution in [-0.2, 0) is 4.79 Å². The normalized spacial score (nSPS) is 19.5. The van der Waals surface area contributed by atoms with E-state index in [1.807, 2.05) is 26.0 Å². The molecule has 1 amide bonds. The van der Waals surface area contributed by atoms with Gasteiger partial charge in [0.15, 0.2) is 4.34 Å². The lowest BCUT2D eigenvalue weighted by molar-refractivity contribution is -0.120. The zero-order valence-corrected chi connectivity index (χ0v) is 16.9. The van der Waals surface area contributed by atoms with Gasteiger partial charge >= 0.3 is 0 Å². The largest absolute Gasteiger partial charge is 0.330 e. The Morgan fingerprint density at radius 3 is 2.84 bits per heavy atom. The van der Waals surface area contributed by atoms with Gasteiger partial charge in [-0.1, -0.05) is 18.2 Å². The molecule has 2 aromatic rings. The van der Waals surface area contributed by atoms with E-state index >= 15 is 0 Å². The van der Waals surface area contributed by atoms with E-state index in [4.69, 9.17) is 5.73 Å². The average Bonchev–Trinajstić information content (AvgIpc) is 3.18. The van der Waals surface area contributed by atoms with E-state index in [-0.39, 0.29) is 24.2 Å².